The van der Waals surface area contributed by atoms with E-state index in [-0.39, 0.29) is 32.5 Å². The topological polar surface area (TPSA) is 198 Å². The van der Waals surface area contributed by atoms with Crippen molar-refractivity contribution in [3.05, 3.63) is 93.6 Å². The molecule has 3 atom stereocenters. The molecule has 3 aromatic heterocycles. The molecule has 67 heavy (non-hydrogen) atoms. The number of H-pyrrole nitrogens is 1. The molecule has 5 aromatic rings. The van der Waals surface area contributed by atoms with Gasteiger partial charge in [-0.05, 0) is 89.1 Å². The molecule has 0 aliphatic carbocycles. The number of ether oxygens (including phenoxy) is 4. The molecule has 3 aliphatic rings. The molecule has 3 aliphatic heterocycles. The summed E-state index contributed by atoms with van der Waals surface area (Å²) < 4.78 is 23.1. The molecule has 0 spiro atoms. The highest BCUT2D eigenvalue weighted by atomic mass is 32.1. The van der Waals surface area contributed by atoms with Crippen molar-refractivity contribution < 1.29 is 43.2 Å². The molecule has 2 fully saturated rings. The zero-order chi connectivity index (χ0) is 47.7. The average Bonchev–Trinajstić information content (AvgIpc) is 3.92. The number of thiazole rings is 1. The summed E-state index contributed by atoms with van der Waals surface area (Å²) >= 11 is 1.39. The Kier molecular flexibility index (Phi) is 13.8. The Morgan fingerprint density at radius 3 is 2.57 bits per heavy atom. The lowest BCUT2D eigenvalue weighted by atomic mass is 9.82. The van der Waals surface area contributed by atoms with E-state index < -0.39 is 58.9 Å². The van der Waals surface area contributed by atoms with E-state index in [4.69, 9.17) is 28.9 Å². The molecule has 2 aromatic carbocycles. The second-order valence-electron chi connectivity index (χ2n) is 19.6. The normalized spacial score (nSPS) is 20.4. The van der Waals surface area contributed by atoms with Crippen molar-refractivity contribution in [1.29, 1.82) is 0 Å². The van der Waals surface area contributed by atoms with E-state index in [0.29, 0.717) is 60.9 Å². The first-order valence-corrected chi connectivity index (χ1v) is 23.8. The third kappa shape index (κ3) is 11.0. The summed E-state index contributed by atoms with van der Waals surface area (Å²) in [6.07, 6.45) is 2.27. The van der Waals surface area contributed by atoms with Gasteiger partial charge in [-0.2, -0.15) is 0 Å². The molecule has 4 N–H and O–H groups in total. The fourth-order valence-corrected chi connectivity index (χ4v) is 9.76. The molecule has 356 valence electrons. The predicted molar refractivity (Wildman–Crippen MR) is 253 cm³/mol. The molecule has 17 heteroatoms. The van der Waals surface area contributed by atoms with Crippen LogP contribution >= 0.6 is 11.3 Å². The van der Waals surface area contributed by atoms with Crippen LogP contribution in [0.4, 0.5) is 9.59 Å². The minimum atomic E-state index is -1.28. The van der Waals surface area contributed by atoms with Gasteiger partial charge >= 0.3 is 18.2 Å². The van der Waals surface area contributed by atoms with Crippen LogP contribution in [0.3, 0.4) is 0 Å². The molecule has 0 saturated carbocycles. The maximum absolute atomic E-state index is 14.1. The van der Waals surface area contributed by atoms with Crippen LogP contribution in [0.2, 0.25) is 0 Å². The number of nitrogens with one attached hydrogen (secondary N) is 3. The Hall–Kier alpha value is -5.88. The predicted octanol–water partition coefficient (Wildman–Crippen LogP) is 7.74. The van der Waals surface area contributed by atoms with E-state index >= 15 is 0 Å². The number of benzene rings is 2. The number of hydrogen-bond acceptors (Lipinski definition) is 13. The summed E-state index contributed by atoms with van der Waals surface area (Å²) in [6.45, 7) is 12.5. The number of carbonyl (C=O) groups is 4. The standard InChI is InChI=1S/C50H61N7O9S/c1-30(63-7)42-35(23-33(26-51-42)50(62)17-20-56(21-18-50)47(61)64-27-31-12-9-8-10-13-31)43-36-25-49(5,6)29-65-45(59)38-14-11-19-57(55-38)44(58)39(54-46(60)66-48(2,3)4)24-41-52-40(28-67-41)32-15-16-37(53-43)34(36)22-32/h8-10,12-13,15-16,22-23,26,28,30,38-39,53,55,62H,11,14,17-21,24-25,27,29H2,1-7H3,(H,54,60)/t30-,38-,39-/m0/s1. The Bertz CT molecular complexity index is 2610. The number of carbonyl (C=O) groups excluding carboxylic acids is 4. The van der Waals surface area contributed by atoms with Crippen molar-refractivity contribution in [3.63, 3.8) is 0 Å². The lowest BCUT2D eigenvalue weighted by Crippen LogP contribution is -2.60. The molecule has 8 rings (SSSR count). The average molecular weight is 936 g/mol. The van der Waals surface area contributed by atoms with Crippen LogP contribution in [-0.4, -0.2) is 105 Å². The zero-order valence-corrected chi connectivity index (χ0v) is 40.1. The molecular formula is C50H61N7O9S. The molecule has 2 saturated heterocycles. The summed E-state index contributed by atoms with van der Waals surface area (Å²) in [5, 5.41) is 20.0. The minimum absolute atomic E-state index is 0.0751. The number of methoxy groups -OCH3 is 1. The van der Waals surface area contributed by atoms with Gasteiger partial charge in [0, 0.05) is 77.8 Å². The first-order chi connectivity index (χ1) is 31.9. The summed E-state index contributed by atoms with van der Waals surface area (Å²) in [5.74, 6) is -0.892. The van der Waals surface area contributed by atoms with Gasteiger partial charge in [0.1, 0.15) is 24.3 Å². The van der Waals surface area contributed by atoms with Gasteiger partial charge in [0.2, 0.25) is 0 Å². The maximum Gasteiger partial charge on any atom is 0.410 e. The molecule has 0 unspecified atom stereocenters. The number of esters is 1. The number of aliphatic hydroxyl groups is 1. The van der Waals surface area contributed by atoms with Crippen LogP contribution < -0.4 is 10.7 Å². The van der Waals surface area contributed by atoms with E-state index in [0.717, 1.165) is 38.9 Å². The smallest absolute Gasteiger partial charge is 0.410 e. The fourth-order valence-electron chi connectivity index (χ4n) is 8.91. The van der Waals surface area contributed by atoms with Crippen LogP contribution in [0.15, 0.2) is 66.2 Å². The number of rotatable bonds is 7. The number of nitrogens with zero attached hydrogens (tertiary/aromatic N) is 4. The lowest BCUT2D eigenvalue weighted by molar-refractivity contribution is -0.155. The highest BCUT2D eigenvalue weighted by Gasteiger charge is 2.39. The molecule has 0 radical (unpaired) electrons. The summed E-state index contributed by atoms with van der Waals surface area (Å²) in [4.78, 5) is 69.4. The summed E-state index contributed by atoms with van der Waals surface area (Å²) in [6, 6.07) is 15.8. The minimum Gasteiger partial charge on any atom is -0.464 e. The number of piperidine rings is 1. The van der Waals surface area contributed by atoms with Crippen molar-refractivity contribution >= 4 is 46.3 Å². The second-order valence-corrected chi connectivity index (χ2v) is 20.6. The zero-order valence-electron chi connectivity index (χ0n) is 39.3. The molecule has 6 heterocycles. The first kappa shape index (κ1) is 47.6. The third-order valence-electron chi connectivity index (χ3n) is 12.6. The van der Waals surface area contributed by atoms with Gasteiger partial charge in [0.15, 0.2) is 0 Å². The lowest BCUT2D eigenvalue weighted by Gasteiger charge is -2.38. The number of cyclic esters (lactones) is 1. The van der Waals surface area contributed by atoms with Crippen molar-refractivity contribution in [2.75, 3.05) is 33.4 Å². The molecule has 16 nitrogen and oxygen atoms in total. The largest absolute Gasteiger partial charge is 0.464 e. The Morgan fingerprint density at radius 2 is 1.84 bits per heavy atom. The van der Waals surface area contributed by atoms with Gasteiger partial charge in [0.25, 0.3) is 5.91 Å². The number of pyridine rings is 1. The SMILES string of the molecule is CO[C@@H](C)c1ncc(C2(O)CCN(C(=O)OCc3ccccc3)CC2)cc1-c1[nH]c2ccc3cc2c1CC(C)(C)COC(=O)[C@@H]1CCCN(N1)C(=O)[C@@H](NC(=O)OC(C)(C)C)Cc1nc-3cs1. The highest BCUT2D eigenvalue weighted by Crippen LogP contribution is 2.42. The van der Waals surface area contributed by atoms with Crippen LogP contribution in [0.25, 0.3) is 33.4 Å². The van der Waals surface area contributed by atoms with Crippen molar-refractivity contribution in [2.45, 2.75) is 116 Å². The third-order valence-corrected chi connectivity index (χ3v) is 13.5. The van der Waals surface area contributed by atoms with Crippen molar-refractivity contribution in [1.82, 2.24) is 35.6 Å². The van der Waals surface area contributed by atoms with E-state index in [1.807, 2.05) is 74.7 Å². The number of aromatic nitrogens is 3. The van der Waals surface area contributed by atoms with Gasteiger partial charge in [-0.1, -0.05) is 50.2 Å². The number of aromatic amines is 1. The van der Waals surface area contributed by atoms with Crippen molar-refractivity contribution in [2.24, 2.45) is 5.41 Å². The van der Waals surface area contributed by atoms with Crippen LogP contribution in [-0.2, 0) is 53.6 Å². The number of fused-ring (bicyclic) bond motifs is 6. The van der Waals surface area contributed by atoms with Gasteiger partial charge < -0.3 is 39.3 Å². The van der Waals surface area contributed by atoms with Crippen molar-refractivity contribution in [3.8, 4) is 22.5 Å². The van der Waals surface area contributed by atoms with Crippen LogP contribution in [0, 0.1) is 5.41 Å². The summed E-state index contributed by atoms with van der Waals surface area (Å²) in [5.41, 5.74) is 7.52. The monoisotopic (exact) mass is 935 g/mol. The van der Waals surface area contributed by atoms with Crippen LogP contribution in [0.5, 0.6) is 0 Å². The Morgan fingerprint density at radius 1 is 1.07 bits per heavy atom. The number of hydrogen-bond donors (Lipinski definition) is 4. The van der Waals surface area contributed by atoms with Gasteiger partial charge in [-0.15, -0.1) is 11.3 Å². The number of alkyl carbamates (subject to hydrolysis) is 1. The first-order valence-electron chi connectivity index (χ1n) is 22.9. The maximum atomic E-state index is 14.1. The Labute approximate surface area is 394 Å². The Balaban J connectivity index is 1.15. The van der Waals surface area contributed by atoms with E-state index in [2.05, 4.69) is 21.8 Å². The number of amides is 3. The van der Waals surface area contributed by atoms with E-state index in [9.17, 15) is 24.3 Å². The number of likely N-dealkylation sites (tertiary alicyclic amines) is 1. The second kappa shape index (κ2) is 19.4. The highest BCUT2D eigenvalue weighted by molar-refractivity contribution is 7.10. The van der Waals surface area contributed by atoms with Crippen LogP contribution in [0.1, 0.15) is 101 Å². The van der Waals surface area contributed by atoms with Gasteiger partial charge in [0.05, 0.1) is 40.4 Å². The molecular weight excluding hydrogens is 875 g/mol. The quantitative estimate of drug-likeness (QED) is 0.0917. The van der Waals surface area contributed by atoms with E-state index in [1.54, 1.807) is 39.0 Å². The summed E-state index contributed by atoms with van der Waals surface area (Å²) in [7, 11) is 1.63. The molecule has 3 amide bonds. The number of hydrazine groups is 1. The fraction of sp³-hybridized carbons (Fsp3) is 0.480. The molecule has 6 bridgehead atoms. The van der Waals surface area contributed by atoms with E-state index in [1.165, 1.54) is 16.3 Å². The van der Waals surface area contributed by atoms with Gasteiger partial charge in [-0.25, -0.2) is 20.0 Å². The van der Waals surface area contributed by atoms with Gasteiger partial charge in [-0.3, -0.25) is 19.6 Å².